The summed E-state index contributed by atoms with van der Waals surface area (Å²) < 4.78 is 8.65. The van der Waals surface area contributed by atoms with Crippen LogP contribution in [0.2, 0.25) is 0 Å². The number of nitrogens with one attached hydrogen (secondary N) is 1. The van der Waals surface area contributed by atoms with Gasteiger partial charge in [0.1, 0.15) is 11.8 Å². The maximum absolute atomic E-state index is 13.2. The lowest BCUT2D eigenvalue weighted by atomic mass is 10.2. The first-order valence-electron chi connectivity index (χ1n) is 9.89. The van der Waals surface area contributed by atoms with Gasteiger partial charge in [0.25, 0.3) is 5.56 Å². The Morgan fingerprint density at radius 1 is 1.20 bits per heavy atom. The monoisotopic (exact) mass is 421 g/mol. The maximum Gasteiger partial charge on any atom is 0.276 e. The number of aryl methyl sites for hydroxylation is 1. The molecule has 7 heteroatoms. The van der Waals surface area contributed by atoms with Crippen LogP contribution >= 0.6 is 11.3 Å². The Balaban J connectivity index is 1.58. The van der Waals surface area contributed by atoms with Crippen LogP contribution < -0.4 is 15.6 Å². The van der Waals surface area contributed by atoms with Crippen LogP contribution in [0, 0.1) is 6.92 Å². The third-order valence-corrected chi connectivity index (χ3v) is 6.33. The van der Waals surface area contributed by atoms with Crippen molar-refractivity contribution >= 4 is 37.4 Å². The molecule has 0 fully saturated rings. The second-order valence-electron chi connectivity index (χ2n) is 7.11. The number of nitrogens with zero attached hydrogens (tertiary/aromatic N) is 2. The molecule has 4 rings (SSSR count). The normalized spacial score (nSPS) is 12.2. The van der Waals surface area contributed by atoms with Crippen molar-refractivity contribution in [1.82, 2.24) is 15.1 Å². The fourth-order valence-corrected chi connectivity index (χ4v) is 4.59. The van der Waals surface area contributed by atoms with Crippen molar-refractivity contribution in [3.63, 3.8) is 0 Å². The summed E-state index contributed by atoms with van der Waals surface area (Å²) in [5.74, 6) is 0.542. The molecular formula is C23H23N3O3S. The van der Waals surface area contributed by atoms with Crippen molar-refractivity contribution in [2.75, 3.05) is 6.61 Å². The Morgan fingerprint density at radius 3 is 2.67 bits per heavy atom. The second kappa shape index (κ2) is 8.28. The predicted molar refractivity (Wildman–Crippen MR) is 120 cm³/mol. The number of thiophene rings is 1. The first kappa shape index (κ1) is 20.1. The van der Waals surface area contributed by atoms with E-state index in [0.29, 0.717) is 18.5 Å². The first-order chi connectivity index (χ1) is 14.5. The third kappa shape index (κ3) is 3.68. The summed E-state index contributed by atoms with van der Waals surface area (Å²) in [5.41, 5.74) is 1.46. The minimum Gasteiger partial charge on any atom is -0.494 e. The molecular weight excluding hydrogens is 398 g/mol. The minimum absolute atomic E-state index is 0.239. The van der Waals surface area contributed by atoms with Gasteiger partial charge in [-0.15, -0.1) is 11.3 Å². The highest BCUT2D eigenvalue weighted by Gasteiger charge is 2.21. The Hall–Kier alpha value is -3.19. The van der Waals surface area contributed by atoms with E-state index in [1.165, 1.54) is 4.68 Å². The fraction of sp³-hybridized carbons (Fsp3) is 0.261. The summed E-state index contributed by atoms with van der Waals surface area (Å²) in [7, 11) is 0. The Morgan fingerprint density at radius 2 is 1.93 bits per heavy atom. The number of amides is 1. The van der Waals surface area contributed by atoms with Gasteiger partial charge in [0.15, 0.2) is 0 Å². The van der Waals surface area contributed by atoms with Gasteiger partial charge in [-0.1, -0.05) is 30.3 Å². The largest absolute Gasteiger partial charge is 0.494 e. The van der Waals surface area contributed by atoms with E-state index in [1.807, 2.05) is 62.4 Å². The van der Waals surface area contributed by atoms with Gasteiger partial charge in [-0.25, -0.2) is 4.68 Å². The third-order valence-electron chi connectivity index (χ3n) is 5.05. The predicted octanol–water partition coefficient (Wildman–Crippen LogP) is 4.20. The number of benzene rings is 2. The van der Waals surface area contributed by atoms with Gasteiger partial charge >= 0.3 is 0 Å². The Bertz CT molecular complexity index is 1270. The van der Waals surface area contributed by atoms with Gasteiger partial charge in [0.05, 0.1) is 22.4 Å². The summed E-state index contributed by atoms with van der Waals surface area (Å²) in [6.45, 7) is 6.48. The van der Waals surface area contributed by atoms with Gasteiger partial charge in [-0.05, 0) is 44.5 Å². The van der Waals surface area contributed by atoms with E-state index >= 15 is 0 Å². The molecule has 0 bridgehead atoms. The average molecular weight is 422 g/mol. The average Bonchev–Trinajstić information content (AvgIpc) is 3.16. The van der Waals surface area contributed by atoms with Gasteiger partial charge in [-0.2, -0.15) is 5.10 Å². The molecule has 0 aliphatic carbocycles. The molecule has 30 heavy (non-hydrogen) atoms. The summed E-state index contributed by atoms with van der Waals surface area (Å²) >= 11 is 1.56. The zero-order valence-electron chi connectivity index (χ0n) is 17.1. The molecule has 0 radical (unpaired) electrons. The number of rotatable bonds is 6. The second-order valence-corrected chi connectivity index (χ2v) is 8.16. The van der Waals surface area contributed by atoms with Crippen LogP contribution in [-0.2, 0) is 11.3 Å². The van der Waals surface area contributed by atoms with Gasteiger partial charge < -0.3 is 10.1 Å². The van der Waals surface area contributed by atoms with E-state index < -0.39 is 6.04 Å². The smallest absolute Gasteiger partial charge is 0.276 e. The molecule has 0 aliphatic heterocycles. The molecule has 154 valence electrons. The zero-order valence-corrected chi connectivity index (χ0v) is 18.0. The summed E-state index contributed by atoms with van der Waals surface area (Å²) in [6, 6.07) is 14.7. The van der Waals surface area contributed by atoms with Crippen molar-refractivity contribution in [3.05, 3.63) is 70.1 Å². The summed E-state index contributed by atoms with van der Waals surface area (Å²) in [6.07, 6.45) is 0. The molecule has 0 saturated heterocycles. The van der Waals surface area contributed by atoms with Crippen LogP contribution in [0.15, 0.2) is 53.3 Å². The van der Waals surface area contributed by atoms with Crippen LogP contribution in [0.4, 0.5) is 0 Å². The van der Waals surface area contributed by atoms with Crippen LogP contribution in [-0.4, -0.2) is 22.3 Å². The number of carbonyl (C=O) groups is 1. The molecule has 1 atom stereocenters. The Labute approximate surface area is 178 Å². The molecule has 0 saturated carbocycles. The highest BCUT2D eigenvalue weighted by molar-refractivity contribution is 7.26. The molecule has 4 aromatic rings. The van der Waals surface area contributed by atoms with E-state index in [9.17, 15) is 9.59 Å². The topological polar surface area (TPSA) is 73.2 Å². The van der Waals surface area contributed by atoms with E-state index in [1.54, 1.807) is 18.3 Å². The van der Waals surface area contributed by atoms with Gasteiger partial charge in [0.2, 0.25) is 5.91 Å². The highest BCUT2D eigenvalue weighted by atomic mass is 32.1. The number of ether oxygens (including phenoxy) is 1. The van der Waals surface area contributed by atoms with Crippen LogP contribution in [0.5, 0.6) is 5.75 Å². The molecule has 0 spiro atoms. The van der Waals surface area contributed by atoms with Crippen molar-refractivity contribution in [2.24, 2.45) is 0 Å². The van der Waals surface area contributed by atoms with Crippen LogP contribution in [0.3, 0.4) is 0 Å². The number of carbonyl (C=O) groups excluding carboxylic acids is 1. The summed E-state index contributed by atoms with van der Waals surface area (Å²) in [4.78, 5) is 25.9. The van der Waals surface area contributed by atoms with Gasteiger partial charge in [0, 0.05) is 16.6 Å². The maximum atomic E-state index is 13.2. The minimum atomic E-state index is -0.720. The number of aromatic nitrogens is 2. The van der Waals surface area contributed by atoms with E-state index in [2.05, 4.69) is 10.4 Å². The number of hydrogen-bond donors (Lipinski definition) is 1. The molecule has 1 N–H and O–H groups in total. The van der Waals surface area contributed by atoms with E-state index in [-0.39, 0.29) is 11.5 Å². The highest BCUT2D eigenvalue weighted by Crippen LogP contribution is 2.32. The molecule has 6 nitrogen and oxygen atoms in total. The SMILES string of the molecule is CCOc1ccc(CNC(=O)C(C)n2nc(C)c3sc4ccccc4c3c2=O)cc1. The molecule has 1 amide bonds. The fourth-order valence-electron chi connectivity index (χ4n) is 3.46. The lowest BCUT2D eigenvalue weighted by Gasteiger charge is -2.15. The number of fused-ring (bicyclic) bond motifs is 3. The van der Waals surface area contributed by atoms with Gasteiger partial charge in [-0.3, -0.25) is 9.59 Å². The van der Waals surface area contributed by atoms with E-state index in [4.69, 9.17) is 4.74 Å². The van der Waals surface area contributed by atoms with Crippen LogP contribution in [0.1, 0.15) is 31.1 Å². The number of hydrogen-bond acceptors (Lipinski definition) is 5. The van der Waals surface area contributed by atoms with Crippen molar-refractivity contribution in [3.8, 4) is 5.75 Å². The van der Waals surface area contributed by atoms with Crippen molar-refractivity contribution < 1.29 is 9.53 Å². The zero-order chi connectivity index (χ0) is 21.3. The molecule has 2 aromatic heterocycles. The standard InChI is InChI=1S/C23H23N3O3S/c1-4-29-17-11-9-16(10-12-17)13-24-22(27)15(3)26-23(28)20-18-7-5-6-8-19(18)30-21(20)14(2)25-26/h5-12,15H,4,13H2,1-3H3,(H,24,27). The molecule has 2 aromatic carbocycles. The molecule has 0 aliphatic rings. The molecule has 2 heterocycles. The first-order valence-corrected chi connectivity index (χ1v) is 10.7. The quantitative estimate of drug-likeness (QED) is 0.507. The van der Waals surface area contributed by atoms with Crippen LogP contribution in [0.25, 0.3) is 20.2 Å². The summed E-state index contributed by atoms with van der Waals surface area (Å²) in [5, 5.41) is 8.88. The van der Waals surface area contributed by atoms with E-state index in [0.717, 1.165) is 31.8 Å². The molecule has 1 unspecified atom stereocenters. The Kier molecular flexibility index (Phi) is 5.55. The van der Waals surface area contributed by atoms with Crippen molar-refractivity contribution in [1.29, 1.82) is 0 Å². The lowest BCUT2D eigenvalue weighted by Crippen LogP contribution is -2.37. The lowest BCUT2D eigenvalue weighted by molar-refractivity contribution is -0.124. The van der Waals surface area contributed by atoms with Crippen molar-refractivity contribution in [2.45, 2.75) is 33.4 Å².